The lowest BCUT2D eigenvalue weighted by molar-refractivity contribution is -0.121. The number of pyridine rings is 1. The molecule has 2 aromatic heterocycles. The summed E-state index contributed by atoms with van der Waals surface area (Å²) in [6, 6.07) is 15.3. The van der Waals surface area contributed by atoms with Gasteiger partial charge >= 0.3 is 0 Å². The number of ether oxygens (including phenoxy) is 1. The number of carbonyl (C=O) groups is 2. The van der Waals surface area contributed by atoms with Gasteiger partial charge in [0.05, 0.1) is 30.0 Å². The van der Waals surface area contributed by atoms with Crippen LogP contribution in [0.15, 0.2) is 54.7 Å². The maximum Gasteiger partial charge on any atom is 0.255 e. The lowest BCUT2D eigenvalue weighted by atomic mass is 9.96. The fraction of sp³-hybridized carbons (Fsp3) is 0.333. The largest absolute Gasteiger partial charge is 0.496 e. The number of hydrogen-bond donors (Lipinski definition) is 2. The Labute approximate surface area is 228 Å². The van der Waals surface area contributed by atoms with E-state index in [9.17, 15) is 9.59 Å². The molecule has 0 radical (unpaired) electrons. The normalized spacial score (nSPS) is 15.7. The number of hydrogen-bond acceptors (Lipinski definition) is 6. The van der Waals surface area contributed by atoms with Gasteiger partial charge in [0, 0.05) is 43.4 Å². The number of nitrogens with zero attached hydrogens (tertiary/aromatic N) is 4. The van der Waals surface area contributed by atoms with E-state index < -0.39 is 0 Å². The first kappa shape index (κ1) is 26.4. The molecule has 3 heterocycles. The molecule has 9 heteroatoms. The quantitative estimate of drug-likeness (QED) is 0.363. The maximum absolute atomic E-state index is 13.2. The third-order valence-corrected chi connectivity index (χ3v) is 7.36. The first-order valence-electron chi connectivity index (χ1n) is 13.3. The van der Waals surface area contributed by atoms with Crippen molar-refractivity contribution in [3.8, 4) is 28.1 Å². The van der Waals surface area contributed by atoms with Crippen LogP contribution in [0.25, 0.3) is 33.4 Å². The molecule has 1 aliphatic heterocycles. The van der Waals surface area contributed by atoms with Crippen LogP contribution < -0.4 is 10.1 Å². The predicted octanol–water partition coefficient (Wildman–Crippen LogP) is 4.67. The van der Waals surface area contributed by atoms with Crippen LogP contribution in [0.4, 0.5) is 5.69 Å². The molecule has 9 nitrogen and oxygen atoms in total. The zero-order valence-electron chi connectivity index (χ0n) is 22.8. The molecule has 1 aliphatic rings. The van der Waals surface area contributed by atoms with Gasteiger partial charge in [-0.2, -0.15) is 5.10 Å². The van der Waals surface area contributed by atoms with E-state index in [-0.39, 0.29) is 17.7 Å². The van der Waals surface area contributed by atoms with Crippen molar-refractivity contribution >= 4 is 28.5 Å². The standard InChI is InChI=1S/C30H34N6O3/c1-5-36-14-8-9-20(18-36)29(37)32-25-13-12-19(15-23(25)30(38)35(2)3)21-16-24-27(33-34-28(24)31-17-21)22-10-6-7-11-26(22)39-4/h6-7,10-13,15-17,20H,5,8-9,14,18H2,1-4H3,(H,32,37)(H,31,33,34)/t20-/m0/s1. The number of piperidine rings is 1. The zero-order chi connectivity index (χ0) is 27.5. The van der Waals surface area contributed by atoms with E-state index in [4.69, 9.17) is 4.74 Å². The average Bonchev–Trinajstić information content (AvgIpc) is 3.40. The monoisotopic (exact) mass is 526 g/mol. The topological polar surface area (TPSA) is 103 Å². The number of anilines is 1. The molecule has 0 saturated carbocycles. The van der Waals surface area contributed by atoms with Crippen molar-refractivity contribution in [3.63, 3.8) is 0 Å². The number of fused-ring (bicyclic) bond motifs is 1. The van der Waals surface area contributed by atoms with E-state index in [1.165, 1.54) is 4.90 Å². The predicted molar refractivity (Wildman–Crippen MR) is 153 cm³/mol. The Hall–Kier alpha value is -4.24. The second-order valence-electron chi connectivity index (χ2n) is 10.1. The molecule has 1 fully saturated rings. The van der Waals surface area contributed by atoms with Gasteiger partial charge in [0.1, 0.15) is 5.75 Å². The molecule has 0 aliphatic carbocycles. The number of nitrogens with one attached hydrogen (secondary N) is 2. The molecule has 202 valence electrons. The lowest BCUT2D eigenvalue weighted by Gasteiger charge is -2.31. The Bertz CT molecular complexity index is 1510. The molecule has 39 heavy (non-hydrogen) atoms. The van der Waals surface area contributed by atoms with Crippen LogP contribution in [-0.4, -0.2) is 77.6 Å². The first-order valence-corrected chi connectivity index (χ1v) is 13.3. The van der Waals surface area contributed by atoms with Crippen LogP contribution in [0.3, 0.4) is 0 Å². The van der Waals surface area contributed by atoms with Gasteiger partial charge in [-0.1, -0.05) is 25.1 Å². The lowest BCUT2D eigenvalue weighted by Crippen LogP contribution is -2.40. The number of aromatic amines is 1. The van der Waals surface area contributed by atoms with E-state index in [0.717, 1.165) is 66.0 Å². The number of para-hydroxylation sites is 1. The second-order valence-corrected chi connectivity index (χ2v) is 10.1. The van der Waals surface area contributed by atoms with Gasteiger partial charge in [-0.3, -0.25) is 14.7 Å². The highest BCUT2D eigenvalue weighted by Crippen LogP contribution is 2.35. The highest BCUT2D eigenvalue weighted by atomic mass is 16.5. The highest BCUT2D eigenvalue weighted by molar-refractivity contribution is 6.05. The van der Waals surface area contributed by atoms with Crippen molar-refractivity contribution in [1.29, 1.82) is 0 Å². The van der Waals surface area contributed by atoms with Crippen molar-refractivity contribution in [1.82, 2.24) is 25.0 Å². The number of H-pyrrole nitrogens is 1. The van der Waals surface area contributed by atoms with Gasteiger partial charge in [0.15, 0.2) is 5.65 Å². The van der Waals surface area contributed by atoms with E-state index in [2.05, 4.69) is 32.3 Å². The molecule has 0 unspecified atom stereocenters. The number of carbonyl (C=O) groups excluding carboxylic acids is 2. The highest BCUT2D eigenvalue weighted by Gasteiger charge is 2.26. The summed E-state index contributed by atoms with van der Waals surface area (Å²) in [6.45, 7) is 4.80. The first-order chi connectivity index (χ1) is 18.9. The fourth-order valence-electron chi connectivity index (χ4n) is 5.16. The summed E-state index contributed by atoms with van der Waals surface area (Å²) in [5, 5.41) is 11.4. The van der Waals surface area contributed by atoms with Gasteiger partial charge in [-0.25, -0.2) is 4.98 Å². The van der Waals surface area contributed by atoms with Crippen LogP contribution in [0.5, 0.6) is 5.75 Å². The molecular formula is C30H34N6O3. The van der Waals surface area contributed by atoms with E-state index in [0.29, 0.717) is 16.9 Å². The number of likely N-dealkylation sites (tertiary alicyclic amines) is 1. The SMILES string of the molecule is CCN1CCC[C@H](C(=O)Nc2ccc(-c3cnc4n[nH]c(-c5ccccc5OC)c4c3)cc2C(=O)N(C)C)C1. The Kier molecular flexibility index (Phi) is 7.60. The zero-order valence-corrected chi connectivity index (χ0v) is 22.8. The Balaban J connectivity index is 1.50. The Morgan fingerprint density at radius 3 is 2.74 bits per heavy atom. The van der Waals surface area contributed by atoms with Crippen molar-refractivity contribution < 1.29 is 14.3 Å². The maximum atomic E-state index is 13.2. The van der Waals surface area contributed by atoms with Gasteiger partial charge in [0.2, 0.25) is 5.91 Å². The van der Waals surface area contributed by atoms with Crippen molar-refractivity contribution in [2.24, 2.45) is 5.92 Å². The molecule has 2 N–H and O–H groups in total. The summed E-state index contributed by atoms with van der Waals surface area (Å²) in [6.07, 6.45) is 3.59. The second kappa shape index (κ2) is 11.2. The Morgan fingerprint density at radius 2 is 1.97 bits per heavy atom. The summed E-state index contributed by atoms with van der Waals surface area (Å²) in [7, 11) is 5.05. The van der Waals surface area contributed by atoms with Crippen LogP contribution in [-0.2, 0) is 4.79 Å². The summed E-state index contributed by atoms with van der Waals surface area (Å²) in [5.74, 6) is 0.406. The summed E-state index contributed by atoms with van der Waals surface area (Å²) in [4.78, 5) is 34.8. The van der Waals surface area contributed by atoms with Gasteiger partial charge in [-0.15, -0.1) is 0 Å². The van der Waals surface area contributed by atoms with E-state index in [1.54, 1.807) is 27.4 Å². The molecule has 5 rings (SSSR count). The third kappa shape index (κ3) is 5.35. The molecule has 0 bridgehead atoms. The number of benzene rings is 2. The minimum atomic E-state index is -0.182. The van der Waals surface area contributed by atoms with Crippen molar-refractivity contribution in [3.05, 3.63) is 60.3 Å². The van der Waals surface area contributed by atoms with Crippen molar-refractivity contribution in [2.75, 3.05) is 46.2 Å². The minimum absolute atomic E-state index is 0.0448. The third-order valence-electron chi connectivity index (χ3n) is 7.36. The minimum Gasteiger partial charge on any atom is -0.496 e. The molecular weight excluding hydrogens is 492 g/mol. The molecule has 2 amide bonds. The molecule has 1 atom stereocenters. The summed E-state index contributed by atoms with van der Waals surface area (Å²) >= 11 is 0. The molecule has 0 spiro atoms. The van der Waals surface area contributed by atoms with Gasteiger partial charge in [0.25, 0.3) is 5.91 Å². The smallest absolute Gasteiger partial charge is 0.255 e. The van der Waals surface area contributed by atoms with E-state index in [1.807, 2.05) is 48.5 Å². The Morgan fingerprint density at radius 1 is 1.15 bits per heavy atom. The number of amides is 2. The van der Waals surface area contributed by atoms with Crippen molar-refractivity contribution in [2.45, 2.75) is 19.8 Å². The number of methoxy groups -OCH3 is 1. The number of aromatic nitrogens is 3. The number of rotatable bonds is 7. The molecule has 2 aromatic carbocycles. The van der Waals surface area contributed by atoms with E-state index >= 15 is 0 Å². The van der Waals surface area contributed by atoms with Gasteiger partial charge in [-0.05, 0) is 61.8 Å². The fourth-order valence-corrected chi connectivity index (χ4v) is 5.16. The van der Waals surface area contributed by atoms with Crippen LogP contribution in [0.1, 0.15) is 30.1 Å². The van der Waals surface area contributed by atoms with Gasteiger partial charge < -0.3 is 19.9 Å². The van der Waals surface area contributed by atoms with Crippen LogP contribution in [0, 0.1) is 5.92 Å². The van der Waals surface area contributed by atoms with Crippen LogP contribution >= 0.6 is 0 Å². The average molecular weight is 527 g/mol. The molecule has 1 saturated heterocycles. The molecule has 4 aromatic rings. The summed E-state index contributed by atoms with van der Waals surface area (Å²) in [5.41, 5.74) is 4.87. The van der Waals surface area contributed by atoms with Crippen LogP contribution in [0.2, 0.25) is 0 Å². The summed E-state index contributed by atoms with van der Waals surface area (Å²) < 4.78 is 5.55.